The van der Waals surface area contributed by atoms with Crippen molar-refractivity contribution in [2.75, 3.05) is 12.9 Å². The molecule has 2 aromatic rings. The van der Waals surface area contributed by atoms with Gasteiger partial charge in [0, 0.05) is 11.8 Å². The first kappa shape index (κ1) is 16.0. The third-order valence-corrected chi connectivity index (χ3v) is 4.23. The lowest BCUT2D eigenvalue weighted by Gasteiger charge is -2.15. The maximum Gasteiger partial charge on any atom is 0.294 e. The molecule has 1 heterocycles. The van der Waals surface area contributed by atoms with Crippen LogP contribution in [-0.2, 0) is 0 Å². The Kier molecular flexibility index (Phi) is 4.76. The number of amidine groups is 1. The minimum atomic E-state index is -0.445. The number of aliphatic imine (C=N–C) groups is 1. The van der Waals surface area contributed by atoms with Crippen molar-refractivity contribution < 1.29 is 9.66 Å². The minimum Gasteiger partial charge on any atom is -0.497 e. The first-order valence-electron chi connectivity index (χ1n) is 7.09. The number of hydrogen-bond acceptors (Lipinski definition) is 6. The van der Waals surface area contributed by atoms with Crippen molar-refractivity contribution in [2.45, 2.75) is 0 Å². The van der Waals surface area contributed by atoms with Crippen LogP contribution in [0.3, 0.4) is 0 Å². The van der Waals surface area contributed by atoms with E-state index < -0.39 is 4.92 Å². The van der Waals surface area contributed by atoms with E-state index in [0.29, 0.717) is 16.6 Å². The standard InChI is InChI=1S/C16H14N4O3S/c1-23-12-8-6-11(7-9-12)14-10-24-16(19-18-14)17-13-4-2-3-5-15(13)20(21)22/h2-9H,10H2,1H3,(H,17,19). The second kappa shape index (κ2) is 7.14. The van der Waals surface area contributed by atoms with Crippen LogP contribution in [0.4, 0.5) is 11.4 Å². The van der Waals surface area contributed by atoms with Crippen molar-refractivity contribution in [3.63, 3.8) is 0 Å². The molecule has 1 aliphatic rings. The second-order valence-electron chi connectivity index (χ2n) is 4.85. The summed E-state index contributed by atoms with van der Waals surface area (Å²) in [6.45, 7) is 0. The third-order valence-electron chi connectivity index (χ3n) is 3.36. The predicted molar refractivity (Wildman–Crippen MR) is 95.3 cm³/mol. The van der Waals surface area contributed by atoms with Gasteiger partial charge in [-0.25, -0.2) is 4.99 Å². The molecule has 2 aromatic carbocycles. The molecule has 3 rings (SSSR count). The van der Waals surface area contributed by atoms with E-state index in [1.165, 1.54) is 17.8 Å². The van der Waals surface area contributed by atoms with Gasteiger partial charge in [-0.05, 0) is 35.9 Å². The van der Waals surface area contributed by atoms with Crippen molar-refractivity contribution >= 4 is 34.0 Å². The van der Waals surface area contributed by atoms with Crippen LogP contribution in [0.5, 0.6) is 5.75 Å². The summed E-state index contributed by atoms with van der Waals surface area (Å²) in [4.78, 5) is 14.9. The highest BCUT2D eigenvalue weighted by atomic mass is 32.2. The van der Waals surface area contributed by atoms with E-state index >= 15 is 0 Å². The number of hydrogen-bond donors (Lipinski definition) is 1. The van der Waals surface area contributed by atoms with Gasteiger partial charge < -0.3 is 4.74 Å². The Morgan fingerprint density at radius 2 is 2.00 bits per heavy atom. The van der Waals surface area contributed by atoms with Crippen molar-refractivity contribution in [1.82, 2.24) is 5.43 Å². The molecule has 0 unspecified atom stereocenters. The number of nitro benzene ring substituents is 1. The molecule has 0 bridgehead atoms. The molecule has 7 nitrogen and oxygen atoms in total. The van der Waals surface area contributed by atoms with E-state index in [2.05, 4.69) is 15.5 Å². The third kappa shape index (κ3) is 3.54. The minimum absolute atomic E-state index is 0.0302. The lowest BCUT2D eigenvalue weighted by atomic mass is 10.1. The van der Waals surface area contributed by atoms with Crippen LogP contribution >= 0.6 is 11.8 Å². The largest absolute Gasteiger partial charge is 0.497 e. The number of nitrogens with one attached hydrogen (secondary N) is 1. The van der Waals surface area contributed by atoms with E-state index in [1.807, 2.05) is 24.3 Å². The topological polar surface area (TPSA) is 89.1 Å². The highest BCUT2D eigenvalue weighted by Gasteiger charge is 2.16. The summed E-state index contributed by atoms with van der Waals surface area (Å²) in [5.74, 6) is 1.41. The van der Waals surface area contributed by atoms with Crippen LogP contribution in [0.15, 0.2) is 58.6 Å². The Hall–Kier alpha value is -2.87. The Morgan fingerprint density at radius 1 is 1.25 bits per heavy atom. The molecule has 1 aliphatic heterocycles. The van der Waals surface area contributed by atoms with E-state index in [4.69, 9.17) is 4.74 Å². The molecular formula is C16H14N4O3S. The van der Waals surface area contributed by atoms with Gasteiger partial charge in [0.25, 0.3) is 5.69 Å². The number of para-hydroxylation sites is 2. The lowest BCUT2D eigenvalue weighted by Crippen LogP contribution is -2.25. The molecule has 1 N–H and O–H groups in total. The highest BCUT2D eigenvalue weighted by Crippen LogP contribution is 2.28. The predicted octanol–water partition coefficient (Wildman–Crippen LogP) is 3.33. The Labute approximate surface area is 142 Å². The van der Waals surface area contributed by atoms with Crippen LogP contribution in [0.25, 0.3) is 0 Å². The van der Waals surface area contributed by atoms with Crippen LogP contribution < -0.4 is 10.2 Å². The molecule has 0 aliphatic carbocycles. The van der Waals surface area contributed by atoms with Gasteiger partial charge in [-0.15, -0.1) is 0 Å². The zero-order valence-electron chi connectivity index (χ0n) is 12.8. The molecule has 0 saturated carbocycles. The number of benzene rings is 2. The number of methoxy groups -OCH3 is 1. The van der Waals surface area contributed by atoms with Gasteiger partial charge in [-0.1, -0.05) is 23.9 Å². The van der Waals surface area contributed by atoms with E-state index in [9.17, 15) is 10.1 Å². The number of nitrogens with zero attached hydrogens (tertiary/aromatic N) is 3. The SMILES string of the molecule is COc1ccc(C2=NNC(=Nc3ccccc3[N+](=O)[O-])SC2)cc1. The molecule has 0 atom stereocenters. The average molecular weight is 342 g/mol. The van der Waals surface area contributed by atoms with Crippen LogP contribution in [0, 0.1) is 10.1 Å². The first-order chi connectivity index (χ1) is 11.7. The number of rotatable bonds is 4. The van der Waals surface area contributed by atoms with Crippen LogP contribution in [-0.4, -0.2) is 28.7 Å². The zero-order chi connectivity index (χ0) is 16.9. The molecule has 122 valence electrons. The van der Waals surface area contributed by atoms with Crippen LogP contribution in [0.1, 0.15) is 5.56 Å². The van der Waals surface area contributed by atoms with Gasteiger partial charge in [-0.3, -0.25) is 15.5 Å². The summed E-state index contributed by atoms with van der Waals surface area (Å²) >= 11 is 1.45. The fourth-order valence-corrected chi connectivity index (χ4v) is 2.91. The van der Waals surface area contributed by atoms with E-state index in [0.717, 1.165) is 17.0 Å². The van der Waals surface area contributed by atoms with Gasteiger partial charge >= 0.3 is 0 Å². The number of nitro groups is 1. The number of ether oxygens (including phenoxy) is 1. The fraction of sp³-hybridized carbons (Fsp3) is 0.125. The van der Waals surface area contributed by atoms with Gasteiger partial charge in [0.05, 0.1) is 17.7 Å². The maximum absolute atomic E-state index is 11.0. The van der Waals surface area contributed by atoms with Gasteiger partial charge in [0.15, 0.2) is 5.17 Å². The van der Waals surface area contributed by atoms with E-state index in [1.54, 1.807) is 25.3 Å². The molecular weight excluding hydrogens is 328 g/mol. The summed E-state index contributed by atoms with van der Waals surface area (Å²) in [6, 6.07) is 14.0. The smallest absolute Gasteiger partial charge is 0.294 e. The second-order valence-corrected chi connectivity index (χ2v) is 5.81. The normalized spacial score (nSPS) is 15.5. The van der Waals surface area contributed by atoms with Crippen molar-refractivity contribution in [3.8, 4) is 5.75 Å². The first-order valence-corrected chi connectivity index (χ1v) is 8.08. The lowest BCUT2D eigenvalue weighted by molar-refractivity contribution is -0.384. The summed E-state index contributed by atoms with van der Waals surface area (Å²) in [5, 5.41) is 15.9. The van der Waals surface area contributed by atoms with Crippen LogP contribution in [0.2, 0.25) is 0 Å². The van der Waals surface area contributed by atoms with Crippen molar-refractivity contribution in [1.29, 1.82) is 0 Å². The Balaban J connectivity index is 1.78. The van der Waals surface area contributed by atoms with Crippen molar-refractivity contribution in [2.24, 2.45) is 10.1 Å². The summed E-state index contributed by atoms with van der Waals surface area (Å²) in [5.41, 5.74) is 5.00. The molecule has 8 heteroatoms. The summed E-state index contributed by atoms with van der Waals surface area (Å²) < 4.78 is 5.14. The highest BCUT2D eigenvalue weighted by molar-refractivity contribution is 8.14. The molecule has 0 amide bonds. The average Bonchev–Trinajstić information content (AvgIpc) is 2.63. The molecule has 24 heavy (non-hydrogen) atoms. The van der Waals surface area contributed by atoms with Gasteiger partial charge in [0.2, 0.25) is 0 Å². The van der Waals surface area contributed by atoms with Gasteiger partial charge in [0.1, 0.15) is 11.4 Å². The molecule has 0 fully saturated rings. The molecule has 0 saturated heterocycles. The van der Waals surface area contributed by atoms with Crippen molar-refractivity contribution in [3.05, 3.63) is 64.2 Å². The zero-order valence-corrected chi connectivity index (χ0v) is 13.6. The molecule has 0 spiro atoms. The summed E-state index contributed by atoms with van der Waals surface area (Å²) in [6.07, 6.45) is 0. The molecule has 0 radical (unpaired) electrons. The number of thioether (sulfide) groups is 1. The Morgan fingerprint density at radius 3 is 2.62 bits per heavy atom. The fourth-order valence-electron chi connectivity index (χ4n) is 2.13. The monoisotopic (exact) mass is 342 g/mol. The summed E-state index contributed by atoms with van der Waals surface area (Å²) in [7, 11) is 1.62. The molecule has 0 aromatic heterocycles. The maximum atomic E-state index is 11.0. The van der Waals surface area contributed by atoms with Gasteiger partial charge in [-0.2, -0.15) is 5.10 Å². The number of hydrazone groups is 1. The quantitative estimate of drug-likeness (QED) is 0.680. The Bertz CT molecular complexity index is 818. The van der Waals surface area contributed by atoms with E-state index in [-0.39, 0.29) is 5.69 Å².